The summed E-state index contributed by atoms with van der Waals surface area (Å²) in [6.45, 7) is 4.95. The van der Waals surface area contributed by atoms with Crippen LogP contribution in [0.4, 0.5) is 0 Å². The van der Waals surface area contributed by atoms with Crippen molar-refractivity contribution in [2.45, 2.75) is 19.9 Å². The maximum Gasteiger partial charge on any atom is 0.211 e. The van der Waals surface area contributed by atoms with Crippen LogP contribution in [-0.2, 0) is 0 Å². The third-order valence-electron chi connectivity index (χ3n) is 2.61. The molecule has 0 saturated carbocycles. The molecule has 0 aliphatic carbocycles. The molecule has 0 spiro atoms. The largest absolute Gasteiger partial charge is 0.439 e. The van der Waals surface area contributed by atoms with Crippen molar-refractivity contribution in [1.82, 2.24) is 10.3 Å². The third kappa shape index (κ3) is 2.94. The van der Waals surface area contributed by atoms with Gasteiger partial charge in [-0.2, -0.15) is 0 Å². The van der Waals surface area contributed by atoms with Crippen LogP contribution in [0.25, 0.3) is 11.3 Å². The van der Waals surface area contributed by atoms with Gasteiger partial charge in [-0.3, -0.25) is 0 Å². The molecule has 0 aliphatic heterocycles. The van der Waals surface area contributed by atoms with Crippen LogP contribution in [0, 0.1) is 0 Å². The highest BCUT2D eigenvalue weighted by Gasteiger charge is 2.12. The van der Waals surface area contributed by atoms with Crippen molar-refractivity contribution in [1.29, 1.82) is 0 Å². The summed E-state index contributed by atoms with van der Waals surface area (Å²) in [5.41, 5.74) is 0.922. The molecule has 1 heterocycles. The van der Waals surface area contributed by atoms with Crippen LogP contribution in [-0.4, -0.2) is 11.5 Å². The van der Waals surface area contributed by atoms with Gasteiger partial charge in [0.1, 0.15) is 0 Å². The monoisotopic (exact) mass is 328 g/mol. The van der Waals surface area contributed by atoms with Crippen LogP contribution in [0.1, 0.15) is 25.8 Å². The van der Waals surface area contributed by atoms with Gasteiger partial charge in [-0.05, 0) is 47.6 Å². The van der Waals surface area contributed by atoms with Gasteiger partial charge in [-0.15, -0.1) is 0 Å². The van der Waals surface area contributed by atoms with E-state index in [-0.39, 0.29) is 6.04 Å². The van der Waals surface area contributed by atoms with Gasteiger partial charge in [-0.25, -0.2) is 4.98 Å². The second-order valence-corrected chi connectivity index (χ2v) is 5.23. The fourth-order valence-corrected chi connectivity index (χ4v) is 2.09. The quantitative estimate of drug-likeness (QED) is 0.902. The van der Waals surface area contributed by atoms with Crippen LogP contribution < -0.4 is 5.32 Å². The van der Waals surface area contributed by atoms with Gasteiger partial charge in [0.25, 0.3) is 0 Å². The minimum atomic E-state index is 0.106. The van der Waals surface area contributed by atoms with Crippen LogP contribution in [0.3, 0.4) is 0 Å². The van der Waals surface area contributed by atoms with E-state index in [1.807, 2.05) is 25.1 Å². The van der Waals surface area contributed by atoms with Crippen molar-refractivity contribution >= 4 is 27.5 Å². The molecule has 1 aromatic carbocycles. The summed E-state index contributed by atoms with van der Waals surface area (Å²) in [4.78, 5) is 4.28. The summed E-state index contributed by atoms with van der Waals surface area (Å²) in [5, 5.41) is 3.91. The number of oxazole rings is 1. The first-order chi connectivity index (χ1) is 8.61. The molecule has 5 heteroatoms. The first kappa shape index (κ1) is 13.6. The summed E-state index contributed by atoms with van der Waals surface area (Å²) in [6.07, 6.45) is 1.72. The zero-order valence-corrected chi connectivity index (χ0v) is 12.5. The number of hydrogen-bond acceptors (Lipinski definition) is 3. The summed E-state index contributed by atoms with van der Waals surface area (Å²) in [7, 11) is 0. The summed E-state index contributed by atoms with van der Waals surface area (Å²) < 4.78 is 6.60. The maximum absolute atomic E-state index is 6.06. The van der Waals surface area contributed by atoms with Gasteiger partial charge in [-0.1, -0.05) is 18.5 Å². The van der Waals surface area contributed by atoms with Gasteiger partial charge in [0.05, 0.1) is 17.3 Å². The maximum atomic E-state index is 6.06. The number of hydrogen-bond donors (Lipinski definition) is 1. The molecule has 0 radical (unpaired) electrons. The lowest BCUT2D eigenvalue weighted by atomic mass is 10.2. The number of nitrogens with one attached hydrogen (secondary N) is 1. The molecule has 1 aromatic heterocycles. The zero-order chi connectivity index (χ0) is 13.1. The molecule has 1 unspecified atom stereocenters. The summed E-state index contributed by atoms with van der Waals surface area (Å²) >= 11 is 9.42. The predicted octanol–water partition coefficient (Wildman–Crippen LogP) is 4.43. The molecule has 1 N–H and O–H groups in total. The van der Waals surface area contributed by atoms with E-state index in [0.717, 1.165) is 22.3 Å². The van der Waals surface area contributed by atoms with Crippen LogP contribution in [0.15, 0.2) is 33.3 Å². The average Bonchev–Trinajstić information content (AvgIpc) is 2.82. The van der Waals surface area contributed by atoms with E-state index in [9.17, 15) is 0 Å². The Morgan fingerprint density at radius 2 is 2.28 bits per heavy atom. The Balaban J connectivity index is 2.26. The number of rotatable bonds is 4. The predicted molar refractivity (Wildman–Crippen MR) is 76.7 cm³/mol. The van der Waals surface area contributed by atoms with Crippen molar-refractivity contribution in [3.63, 3.8) is 0 Å². The van der Waals surface area contributed by atoms with Crippen molar-refractivity contribution in [3.05, 3.63) is 39.8 Å². The number of benzene rings is 1. The highest BCUT2D eigenvalue weighted by Crippen LogP contribution is 2.29. The smallest absolute Gasteiger partial charge is 0.211 e. The van der Waals surface area contributed by atoms with E-state index in [2.05, 4.69) is 33.2 Å². The molecule has 1 atom stereocenters. The van der Waals surface area contributed by atoms with Gasteiger partial charge in [0, 0.05) is 10.0 Å². The second kappa shape index (κ2) is 5.87. The Kier molecular flexibility index (Phi) is 4.43. The topological polar surface area (TPSA) is 38.1 Å². The lowest BCUT2D eigenvalue weighted by Crippen LogP contribution is -2.17. The Morgan fingerprint density at radius 3 is 2.94 bits per heavy atom. The fraction of sp³-hybridized carbons (Fsp3) is 0.308. The van der Waals surface area contributed by atoms with E-state index in [1.54, 1.807) is 6.20 Å². The van der Waals surface area contributed by atoms with Crippen molar-refractivity contribution in [2.75, 3.05) is 6.54 Å². The Labute approximate surface area is 120 Å². The molecule has 96 valence electrons. The first-order valence-electron chi connectivity index (χ1n) is 5.76. The van der Waals surface area contributed by atoms with Crippen molar-refractivity contribution in [3.8, 4) is 11.3 Å². The second-order valence-electron chi connectivity index (χ2n) is 3.97. The highest BCUT2D eigenvalue weighted by atomic mass is 79.9. The molecular weight excluding hydrogens is 316 g/mol. The lowest BCUT2D eigenvalue weighted by molar-refractivity contribution is 0.429. The molecule has 0 bridgehead atoms. The lowest BCUT2D eigenvalue weighted by Gasteiger charge is -2.06. The molecule has 2 rings (SSSR count). The molecule has 0 saturated heterocycles. The van der Waals surface area contributed by atoms with Crippen LogP contribution >= 0.6 is 27.5 Å². The van der Waals surface area contributed by atoms with Crippen molar-refractivity contribution < 1.29 is 4.42 Å². The number of nitrogens with zero attached hydrogens (tertiary/aromatic N) is 1. The molecule has 0 amide bonds. The van der Waals surface area contributed by atoms with Crippen LogP contribution in [0.2, 0.25) is 5.02 Å². The minimum absolute atomic E-state index is 0.106. The molecule has 18 heavy (non-hydrogen) atoms. The van der Waals surface area contributed by atoms with E-state index in [1.165, 1.54) is 0 Å². The Morgan fingerprint density at radius 1 is 1.50 bits per heavy atom. The number of aromatic nitrogens is 1. The van der Waals surface area contributed by atoms with E-state index in [0.29, 0.717) is 10.9 Å². The molecule has 0 fully saturated rings. The molecule has 2 aromatic rings. The van der Waals surface area contributed by atoms with E-state index >= 15 is 0 Å². The van der Waals surface area contributed by atoms with Gasteiger partial charge in [0.15, 0.2) is 5.76 Å². The van der Waals surface area contributed by atoms with Crippen molar-refractivity contribution in [2.24, 2.45) is 0 Å². The molecule has 0 aliphatic rings. The van der Waals surface area contributed by atoms with Gasteiger partial charge < -0.3 is 9.73 Å². The molecule has 3 nitrogen and oxygen atoms in total. The fourth-order valence-electron chi connectivity index (χ4n) is 1.66. The summed E-state index contributed by atoms with van der Waals surface area (Å²) in [5.74, 6) is 1.41. The van der Waals surface area contributed by atoms with Gasteiger partial charge in [0.2, 0.25) is 5.89 Å². The average molecular weight is 330 g/mol. The third-order valence-corrected chi connectivity index (χ3v) is 3.84. The van der Waals surface area contributed by atoms with Crippen LogP contribution in [0.5, 0.6) is 0 Å². The minimum Gasteiger partial charge on any atom is -0.439 e. The van der Waals surface area contributed by atoms with E-state index in [4.69, 9.17) is 16.0 Å². The first-order valence-corrected chi connectivity index (χ1v) is 6.93. The highest BCUT2D eigenvalue weighted by molar-refractivity contribution is 9.10. The number of halogens is 2. The van der Waals surface area contributed by atoms with Gasteiger partial charge >= 0.3 is 0 Å². The molecular formula is C13H14BrClN2O. The Hall–Kier alpha value is -0.840. The SMILES string of the molecule is CCNC(C)c1ncc(-c2ccc(Br)c(Cl)c2)o1. The standard InChI is InChI=1S/C13H14BrClN2O/c1-3-16-8(2)13-17-7-12(18-13)9-4-5-10(14)11(15)6-9/h4-8,16H,3H2,1-2H3. The summed E-state index contributed by atoms with van der Waals surface area (Å²) in [6, 6.07) is 5.80. The van der Waals surface area contributed by atoms with E-state index < -0.39 is 0 Å². The normalized spacial score (nSPS) is 12.7. The Bertz CT molecular complexity index is 542. The zero-order valence-electron chi connectivity index (χ0n) is 10.2.